The zero-order valence-corrected chi connectivity index (χ0v) is 8.97. The summed E-state index contributed by atoms with van der Waals surface area (Å²) in [6.07, 6.45) is 2.36. The van der Waals surface area contributed by atoms with Gasteiger partial charge in [-0.1, -0.05) is 19.0 Å². The molecule has 3 heteroatoms. The lowest BCUT2D eigenvalue weighted by Gasteiger charge is -2.23. The summed E-state index contributed by atoms with van der Waals surface area (Å²) in [7, 11) is 0. The Morgan fingerprint density at radius 3 is 3.00 bits per heavy atom. The van der Waals surface area contributed by atoms with Gasteiger partial charge in [-0.05, 0) is 18.8 Å². The second kappa shape index (κ2) is 3.37. The van der Waals surface area contributed by atoms with Gasteiger partial charge < -0.3 is 4.52 Å². The normalized spacial score (nSPS) is 27.3. The second-order valence-corrected chi connectivity index (χ2v) is 4.25. The van der Waals surface area contributed by atoms with Crippen LogP contribution in [-0.2, 0) is 12.2 Å². The Kier molecular flexibility index (Phi) is 2.37. The van der Waals surface area contributed by atoms with Gasteiger partial charge in [0.1, 0.15) is 5.76 Å². The lowest BCUT2D eigenvalue weighted by Crippen LogP contribution is -2.14. The van der Waals surface area contributed by atoms with E-state index in [4.69, 9.17) is 4.52 Å². The fourth-order valence-corrected chi connectivity index (χ4v) is 2.24. The van der Waals surface area contributed by atoms with Crippen LogP contribution in [-0.4, -0.2) is 5.16 Å². The van der Waals surface area contributed by atoms with Crippen LogP contribution in [0.5, 0.6) is 0 Å². The van der Waals surface area contributed by atoms with Gasteiger partial charge in [0, 0.05) is 17.2 Å². The first-order valence-electron chi connectivity index (χ1n) is 4.82. The molecule has 0 amide bonds. The van der Waals surface area contributed by atoms with Gasteiger partial charge in [0.05, 0.1) is 5.69 Å². The predicted octanol–water partition coefficient (Wildman–Crippen LogP) is 2.79. The molecule has 0 bridgehead atoms. The molecule has 72 valence electrons. The Hall–Kier alpha value is -0.440. The Bertz CT molecular complexity index is 308. The number of aromatic nitrogens is 1. The van der Waals surface area contributed by atoms with Crippen LogP contribution in [0.1, 0.15) is 43.2 Å². The van der Waals surface area contributed by atoms with Crippen molar-refractivity contribution in [1.82, 2.24) is 5.16 Å². The summed E-state index contributed by atoms with van der Waals surface area (Å²) in [5.74, 6) is 3.03. The summed E-state index contributed by atoms with van der Waals surface area (Å²) < 4.78 is 5.36. The molecular weight excluding hydrogens is 182 g/mol. The van der Waals surface area contributed by atoms with Gasteiger partial charge in [-0.3, -0.25) is 0 Å². The first-order valence-corrected chi connectivity index (χ1v) is 5.45. The highest BCUT2D eigenvalue weighted by Crippen LogP contribution is 2.37. The monoisotopic (exact) mass is 197 g/mol. The molecule has 2 rings (SSSR count). The molecule has 2 nitrogen and oxygen atoms in total. The van der Waals surface area contributed by atoms with Crippen molar-refractivity contribution in [3.05, 3.63) is 17.0 Å². The maximum Gasteiger partial charge on any atom is 0.143 e. The highest BCUT2D eigenvalue weighted by molar-refractivity contribution is 7.79. The number of rotatable bonds is 1. The number of fused-ring (bicyclic) bond motifs is 1. The zero-order valence-electron chi connectivity index (χ0n) is 8.08. The molecule has 0 N–H and O–H groups in total. The van der Waals surface area contributed by atoms with Gasteiger partial charge >= 0.3 is 0 Å². The van der Waals surface area contributed by atoms with Crippen molar-refractivity contribution >= 4 is 12.6 Å². The topological polar surface area (TPSA) is 26.0 Å². The molecule has 0 saturated heterocycles. The van der Waals surface area contributed by atoms with Crippen LogP contribution in [0.3, 0.4) is 0 Å². The standard InChI is InChI=1S/C10H15NOS/c1-6-3-4-8-9(5-13)11-12-10(8)7(6)2/h6-7,13H,3-5H2,1-2H3. The fourth-order valence-electron chi connectivity index (χ4n) is 1.99. The number of nitrogens with zero attached hydrogens (tertiary/aromatic N) is 1. The van der Waals surface area contributed by atoms with Gasteiger partial charge in [0.25, 0.3) is 0 Å². The summed E-state index contributed by atoms with van der Waals surface area (Å²) in [5, 5.41) is 4.05. The first-order chi connectivity index (χ1) is 6.24. The molecule has 0 radical (unpaired) electrons. The van der Waals surface area contributed by atoms with Gasteiger partial charge in [-0.25, -0.2) is 0 Å². The molecule has 1 heterocycles. The van der Waals surface area contributed by atoms with Crippen molar-refractivity contribution < 1.29 is 4.52 Å². The van der Waals surface area contributed by atoms with Crippen molar-refractivity contribution in [3.63, 3.8) is 0 Å². The minimum absolute atomic E-state index is 0.518. The Morgan fingerprint density at radius 2 is 2.31 bits per heavy atom. The quantitative estimate of drug-likeness (QED) is 0.701. The molecule has 1 aromatic rings. The van der Waals surface area contributed by atoms with Crippen molar-refractivity contribution in [1.29, 1.82) is 0 Å². The van der Waals surface area contributed by atoms with E-state index in [1.165, 1.54) is 12.0 Å². The summed E-state index contributed by atoms with van der Waals surface area (Å²) in [4.78, 5) is 0. The van der Waals surface area contributed by atoms with Gasteiger partial charge in [0.2, 0.25) is 0 Å². The van der Waals surface area contributed by atoms with Gasteiger partial charge in [0.15, 0.2) is 0 Å². The number of hydrogen-bond acceptors (Lipinski definition) is 3. The number of thiol groups is 1. The minimum Gasteiger partial charge on any atom is -0.361 e. The van der Waals surface area contributed by atoms with E-state index in [0.717, 1.165) is 17.9 Å². The summed E-state index contributed by atoms with van der Waals surface area (Å²) in [6.45, 7) is 4.49. The molecule has 0 aromatic carbocycles. The van der Waals surface area contributed by atoms with Crippen LogP contribution >= 0.6 is 12.6 Å². The smallest absolute Gasteiger partial charge is 0.143 e. The summed E-state index contributed by atoms with van der Waals surface area (Å²) in [6, 6.07) is 0. The van der Waals surface area contributed by atoms with Crippen molar-refractivity contribution in [2.75, 3.05) is 0 Å². The van der Waals surface area contributed by atoms with Crippen LogP contribution in [0.2, 0.25) is 0 Å². The van der Waals surface area contributed by atoms with E-state index in [1.54, 1.807) is 0 Å². The van der Waals surface area contributed by atoms with E-state index in [0.29, 0.717) is 17.6 Å². The third kappa shape index (κ3) is 1.39. The third-order valence-electron chi connectivity index (χ3n) is 3.17. The van der Waals surface area contributed by atoms with E-state index >= 15 is 0 Å². The van der Waals surface area contributed by atoms with E-state index in [9.17, 15) is 0 Å². The third-order valence-corrected chi connectivity index (χ3v) is 3.47. The molecule has 1 aliphatic rings. The molecule has 13 heavy (non-hydrogen) atoms. The highest BCUT2D eigenvalue weighted by Gasteiger charge is 2.28. The SMILES string of the molecule is CC1CCc2c(CS)noc2C1C. The van der Waals surface area contributed by atoms with E-state index in [2.05, 4.69) is 31.6 Å². The van der Waals surface area contributed by atoms with Crippen LogP contribution in [0.15, 0.2) is 4.52 Å². The molecular formula is C10H15NOS. The van der Waals surface area contributed by atoms with Gasteiger partial charge in [-0.2, -0.15) is 12.6 Å². The van der Waals surface area contributed by atoms with Crippen molar-refractivity contribution in [3.8, 4) is 0 Å². The fraction of sp³-hybridized carbons (Fsp3) is 0.700. The van der Waals surface area contributed by atoms with Gasteiger partial charge in [-0.15, -0.1) is 0 Å². The van der Waals surface area contributed by atoms with Crippen LogP contribution in [0.4, 0.5) is 0 Å². The zero-order chi connectivity index (χ0) is 9.42. The van der Waals surface area contributed by atoms with E-state index in [1.807, 2.05) is 0 Å². The lowest BCUT2D eigenvalue weighted by molar-refractivity contribution is 0.307. The van der Waals surface area contributed by atoms with Crippen LogP contribution in [0.25, 0.3) is 0 Å². The Balaban J connectivity index is 2.39. The molecule has 0 saturated carbocycles. The molecule has 1 aliphatic carbocycles. The van der Waals surface area contributed by atoms with E-state index in [-0.39, 0.29) is 0 Å². The molecule has 1 aromatic heterocycles. The summed E-state index contributed by atoms with van der Waals surface area (Å²) in [5.41, 5.74) is 2.36. The Morgan fingerprint density at radius 1 is 1.54 bits per heavy atom. The minimum atomic E-state index is 0.518. The van der Waals surface area contributed by atoms with Crippen molar-refractivity contribution in [2.24, 2.45) is 5.92 Å². The van der Waals surface area contributed by atoms with Crippen molar-refractivity contribution in [2.45, 2.75) is 38.4 Å². The maximum atomic E-state index is 5.36. The molecule has 2 unspecified atom stereocenters. The second-order valence-electron chi connectivity index (χ2n) is 3.93. The van der Waals surface area contributed by atoms with Crippen LogP contribution in [0, 0.1) is 5.92 Å². The summed E-state index contributed by atoms with van der Waals surface area (Å²) >= 11 is 4.24. The first kappa shape index (κ1) is 9.13. The predicted molar refractivity (Wildman–Crippen MR) is 55.1 cm³/mol. The average molecular weight is 197 g/mol. The highest BCUT2D eigenvalue weighted by atomic mass is 32.1. The number of hydrogen-bond donors (Lipinski definition) is 1. The molecule has 0 aliphatic heterocycles. The molecule has 2 atom stereocenters. The van der Waals surface area contributed by atoms with Crippen LogP contribution < -0.4 is 0 Å². The Labute approximate surface area is 84.1 Å². The van der Waals surface area contributed by atoms with E-state index < -0.39 is 0 Å². The molecule has 0 fully saturated rings. The average Bonchev–Trinajstić information content (AvgIpc) is 2.55. The largest absolute Gasteiger partial charge is 0.361 e. The lowest BCUT2D eigenvalue weighted by atomic mass is 9.81. The maximum absolute atomic E-state index is 5.36. The molecule has 0 spiro atoms.